The number of ether oxygens (including phenoxy) is 2. The molecule has 23 heavy (non-hydrogen) atoms. The van der Waals surface area contributed by atoms with Crippen LogP contribution in [0, 0.1) is 0 Å². The van der Waals surface area contributed by atoms with E-state index in [1.54, 1.807) is 11.3 Å². The Morgan fingerprint density at radius 2 is 2.35 bits per heavy atom. The molecule has 0 spiro atoms. The van der Waals surface area contributed by atoms with Crippen molar-refractivity contribution in [2.75, 3.05) is 13.2 Å². The summed E-state index contributed by atoms with van der Waals surface area (Å²) in [7, 11) is 0. The summed E-state index contributed by atoms with van der Waals surface area (Å²) < 4.78 is 11.6. The van der Waals surface area contributed by atoms with Crippen LogP contribution >= 0.6 is 11.3 Å². The molecule has 0 amide bonds. The Balaban J connectivity index is 1.66. The molecule has 1 aliphatic rings. The van der Waals surface area contributed by atoms with Crippen LogP contribution in [0.1, 0.15) is 36.6 Å². The average Bonchev–Trinajstić information content (AvgIpc) is 3.16. The second-order valence-electron chi connectivity index (χ2n) is 5.84. The molecule has 2 atom stereocenters. The molecule has 0 bridgehead atoms. The molecule has 2 N–H and O–H groups in total. The van der Waals surface area contributed by atoms with Crippen LogP contribution in [0.15, 0.2) is 29.0 Å². The van der Waals surface area contributed by atoms with Gasteiger partial charge in [0.05, 0.1) is 12.7 Å². The van der Waals surface area contributed by atoms with Crippen molar-refractivity contribution in [3.63, 3.8) is 0 Å². The maximum atomic E-state index is 10.1. The standard InChI is InChI=1S/C18H23NO3S/c1-3-21-17-7-14-6-12(2)22-18(14)8-15(17)9-19-10-16(20)13-4-5-23-11-13/h4-5,7-8,11-12,16,19-20H,3,6,9-10H2,1-2H3. The summed E-state index contributed by atoms with van der Waals surface area (Å²) >= 11 is 1.60. The molecule has 2 unspecified atom stereocenters. The fourth-order valence-corrected chi connectivity index (χ4v) is 3.54. The van der Waals surface area contributed by atoms with E-state index >= 15 is 0 Å². The predicted molar refractivity (Wildman–Crippen MR) is 92.4 cm³/mol. The van der Waals surface area contributed by atoms with Crippen LogP contribution in [0.5, 0.6) is 11.5 Å². The van der Waals surface area contributed by atoms with Gasteiger partial charge in [-0.1, -0.05) is 0 Å². The van der Waals surface area contributed by atoms with Gasteiger partial charge in [-0.2, -0.15) is 11.3 Å². The lowest BCUT2D eigenvalue weighted by Crippen LogP contribution is -2.21. The fourth-order valence-electron chi connectivity index (χ4n) is 2.84. The van der Waals surface area contributed by atoms with Gasteiger partial charge < -0.3 is 19.9 Å². The minimum Gasteiger partial charge on any atom is -0.494 e. The number of nitrogens with one attached hydrogen (secondary N) is 1. The molecule has 0 saturated heterocycles. The van der Waals surface area contributed by atoms with Crippen LogP contribution < -0.4 is 14.8 Å². The number of aliphatic hydroxyl groups excluding tert-OH is 1. The van der Waals surface area contributed by atoms with E-state index in [1.807, 2.05) is 23.8 Å². The number of hydrogen-bond donors (Lipinski definition) is 2. The summed E-state index contributed by atoms with van der Waals surface area (Å²) in [5.74, 6) is 1.86. The molecule has 3 rings (SSSR count). The summed E-state index contributed by atoms with van der Waals surface area (Å²) in [5.41, 5.74) is 3.24. The van der Waals surface area contributed by atoms with Crippen molar-refractivity contribution in [1.82, 2.24) is 5.32 Å². The van der Waals surface area contributed by atoms with Gasteiger partial charge in [0.25, 0.3) is 0 Å². The van der Waals surface area contributed by atoms with E-state index in [2.05, 4.69) is 24.4 Å². The van der Waals surface area contributed by atoms with E-state index in [-0.39, 0.29) is 6.10 Å². The van der Waals surface area contributed by atoms with Crippen molar-refractivity contribution in [3.8, 4) is 11.5 Å². The first-order valence-electron chi connectivity index (χ1n) is 8.03. The molecule has 1 aromatic carbocycles. The first-order valence-corrected chi connectivity index (χ1v) is 8.97. The predicted octanol–water partition coefficient (Wildman–Crippen LogP) is 3.29. The molecule has 1 aliphatic heterocycles. The lowest BCUT2D eigenvalue weighted by Gasteiger charge is -2.15. The molecular formula is C18H23NO3S. The molecule has 5 heteroatoms. The second kappa shape index (κ2) is 7.34. The van der Waals surface area contributed by atoms with Crippen molar-refractivity contribution in [1.29, 1.82) is 0 Å². The van der Waals surface area contributed by atoms with Crippen LogP contribution in [-0.4, -0.2) is 24.4 Å². The Hall–Kier alpha value is -1.56. The molecule has 2 aromatic rings. The molecule has 0 saturated carbocycles. The molecule has 0 aliphatic carbocycles. The highest BCUT2D eigenvalue weighted by Crippen LogP contribution is 2.35. The lowest BCUT2D eigenvalue weighted by molar-refractivity contribution is 0.174. The van der Waals surface area contributed by atoms with Gasteiger partial charge in [-0.05, 0) is 48.4 Å². The van der Waals surface area contributed by atoms with Gasteiger partial charge in [0.2, 0.25) is 0 Å². The smallest absolute Gasteiger partial charge is 0.124 e. The molecule has 4 nitrogen and oxygen atoms in total. The number of fused-ring (bicyclic) bond motifs is 1. The molecule has 0 radical (unpaired) electrons. The Morgan fingerprint density at radius 1 is 1.48 bits per heavy atom. The van der Waals surface area contributed by atoms with Crippen LogP contribution in [-0.2, 0) is 13.0 Å². The molecule has 124 valence electrons. The highest BCUT2D eigenvalue weighted by atomic mass is 32.1. The van der Waals surface area contributed by atoms with E-state index in [0.29, 0.717) is 19.7 Å². The number of hydrogen-bond acceptors (Lipinski definition) is 5. The monoisotopic (exact) mass is 333 g/mol. The van der Waals surface area contributed by atoms with Crippen LogP contribution in [0.3, 0.4) is 0 Å². The molecular weight excluding hydrogens is 310 g/mol. The highest BCUT2D eigenvalue weighted by molar-refractivity contribution is 7.07. The summed E-state index contributed by atoms with van der Waals surface area (Å²) in [6.45, 7) is 5.86. The largest absolute Gasteiger partial charge is 0.494 e. The third-order valence-electron chi connectivity index (χ3n) is 3.96. The highest BCUT2D eigenvalue weighted by Gasteiger charge is 2.21. The average molecular weight is 333 g/mol. The van der Waals surface area contributed by atoms with Crippen LogP contribution in [0.2, 0.25) is 0 Å². The van der Waals surface area contributed by atoms with Crippen molar-refractivity contribution in [2.24, 2.45) is 0 Å². The fraction of sp³-hybridized carbons (Fsp3) is 0.444. The Kier molecular flexibility index (Phi) is 5.20. The maximum absolute atomic E-state index is 10.1. The number of rotatable bonds is 7. The third kappa shape index (κ3) is 3.86. The number of thiophene rings is 1. The number of benzene rings is 1. The summed E-state index contributed by atoms with van der Waals surface area (Å²) in [6.07, 6.45) is 0.672. The van der Waals surface area contributed by atoms with Crippen molar-refractivity contribution < 1.29 is 14.6 Å². The van der Waals surface area contributed by atoms with E-state index in [1.165, 1.54) is 5.56 Å². The van der Waals surface area contributed by atoms with Crippen LogP contribution in [0.25, 0.3) is 0 Å². The second-order valence-corrected chi connectivity index (χ2v) is 6.62. The maximum Gasteiger partial charge on any atom is 0.124 e. The van der Waals surface area contributed by atoms with Gasteiger partial charge in [-0.3, -0.25) is 0 Å². The zero-order valence-electron chi connectivity index (χ0n) is 13.5. The van der Waals surface area contributed by atoms with Gasteiger partial charge >= 0.3 is 0 Å². The summed E-state index contributed by atoms with van der Waals surface area (Å²) in [5, 5.41) is 17.4. The topological polar surface area (TPSA) is 50.7 Å². The number of aliphatic hydroxyl groups is 1. The summed E-state index contributed by atoms with van der Waals surface area (Å²) in [6, 6.07) is 6.11. The van der Waals surface area contributed by atoms with Crippen LogP contribution in [0.4, 0.5) is 0 Å². The minimum atomic E-state index is -0.484. The van der Waals surface area contributed by atoms with Crippen molar-refractivity contribution in [3.05, 3.63) is 45.6 Å². The van der Waals surface area contributed by atoms with Crippen molar-refractivity contribution in [2.45, 2.75) is 39.0 Å². The quantitative estimate of drug-likeness (QED) is 0.816. The minimum absolute atomic E-state index is 0.225. The third-order valence-corrected chi connectivity index (χ3v) is 4.66. The lowest BCUT2D eigenvalue weighted by atomic mass is 10.1. The Bertz CT molecular complexity index is 642. The van der Waals surface area contributed by atoms with E-state index in [9.17, 15) is 5.11 Å². The zero-order valence-corrected chi connectivity index (χ0v) is 14.4. The van der Waals surface area contributed by atoms with E-state index in [4.69, 9.17) is 9.47 Å². The van der Waals surface area contributed by atoms with Crippen molar-refractivity contribution >= 4 is 11.3 Å². The SMILES string of the molecule is CCOc1cc2c(cc1CNCC(O)c1ccsc1)OC(C)C2. The van der Waals surface area contributed by atoms with Gasteiger partial charge in [-0.25, -0.2) is 0 Å². The van der Waals surface area contributed by atoms with Gasteiger partial charge in [0, 0.05) is 30.6 Å². The molecule has 0 fully saturated rings. The van der Waals surface area contributed by atoms with E-state index in [0.717, 1.165) is 29.0 Å². The molecule has 2 heterocycles. The van der Waals surface area contributed by atoms with E-state index < -0.39 is 6.10 Å². The molecule has 1 aromatic heterocycles. The normalized spacial score (nSPS) is 17.6. The van der Waals surface area contributed by atoms with Gasteiger partial charge in [0.1, 0.15) is 17.6 Å². The first kappa shape index (κ1) is 16.3. The Labute approximate surface area is 141 Å². The van der Waals surface area contributed by atoms with Gasteiger partial charge in [0.15, 0.2) is 0 Å². The summed E-state index contributed by atoms with van der Waals surface area (Å²) in [4.78, 5) is 0. The first-order chi connectivity index (χ1) is 11.2. The van der Waals surface area contributed by atoms with Gasteiger partial charge in [-0.15, -0.1) is 0 Å². The zero-order chi connectivity index (χ0) is 16.2. The Morgan fingerprint density at radius 3 is 3.09 bits per heavy atom.